The van der Waals surface area contributed by atoms with Crippen LogP contribution in [0.25, 0.3) is 0 Å². The minimum Gasteiger partial charge on any atom is -0.459 e. The zero-order valence-electron chi connectivity index (χ0n) is 13.8. The lowest BCUT2D eigenvalue weighted by Gasteiger charge is -2.47. The van der Waals surface area contributed by atoms with Gasteiger partial charge in [0.05, 0.1) is 5.92 Å². The van der Waals surface area contributed by atoms with E-state index in [0.29, 0.717) is 0 Å². The Morgan fingerprint density at radius 2 is 2.00 bits per heavy atom. The van der Waals surface area contributed by atoms with E-state index in [9.17, 15) is 4.79 Å². The fourth-order valence-corrected chi connectivity index (χ4v) is 4.42. The Hall–Kier alpha value is -0.530. The molecule has 2 nitrogen and oxygen atoms in total. The fraction of sp³-hybridized carbons (Fsp3) is 0.944. The van der Waals surface area contributed by atoms with Gasteiger partial charge >= 0.3 is 5.97 Å². The minimum atomic E-state index is -0.263. The average Bonchev–Trinajstić information content (AvgIpc) is 2.83. The third-order valence-electron chi connectivity index (χ3n) is 6.07. The van der Waals surface area contributed by atoms with Gasteiger partial charge in [0, 0.05) is 5.41 Å². The van der Waals surface area contributed by atoms with E-state index in [0.717, 1.165) is 12.3 Å². The summed E-state index contributed by atoms with van der Waals surface area (Å²) in [5.41, 5.74) is -0.0160. The SMILES string of the molecule is CCC(C)(OC(=O)C(C)C)C12CCCCCC(CC1)C2. The van der Waals surface area contributed by atoms with Gasteiger partial charge in [0.25, 0.3) is 0 Å². The maximum absolute atomic E-state index is 12.2. The summed E-state index contributed by atoms with van der Waals surface area (Å²) in [6.45, 7) is 8.27. The van der Waals surface area contributed by atoms with Gasteiger partial charge in [0.15, 0.2) is 0 Å². The van der Waals surface area contributed by atoms with E-state index < -0.39 is 0 Å². The molecule has 0 aliphatic heterocycles. The van der Waals surface area contributed by atoms with Crippen LogP contribution >= 0.6 is 0 Å². The number of esters is 1. The van der Waals surface area contributed by atoms with Gasteiger partial charge < -0.3 is 4.74 Å². The summed E-state index contributed by atoms with van der Waals surface area (Å²) in [6, 6.07) is 0. The van der Waals surface area contributed by atoms with Crippen LogP contribution in [-0.4, -0.2) is 11.6 Å². The summed E-state index contributed by atoms with van der Waals surface area (Å²) in [7, 11) is 0. The number of hydrogen-bond donors (Lipinski definition) is 0. The van der Waals surface area contributed by atoms with Gasteiger partial charge in [-0.15, -0.1) is 0 Å². The van der Waals surface area contributed by atoms with E-state index in [1.807, 2.05) is 13.8 Å². The number of rotatable bonds is 4. The molecule has 116 valence electrons. The van der Waals surface area contributed by atoms with Gasteiger partial charge in [-0.25, -0.2) is 0 Å². The highest BCUT2D eigenvalue weighted by Gasteiger charge is 2.53. The van der Waals surface area contributed by atoms with Crippen molar-refractivity contribution in [1.82, 2.24) is 0 Å². The van der Waals surface area contributed by atoms with Gasteiger partial charge in [-0.1, -0.05) is 46.5 Å². The Bertz CT molecular complexity index is 349. The molecule has 0 radical (unpaired) electrons. The summed E-state index contributed by atoms with van der Waals surface area (Å²) >= 11 is 0. The molecule has 2 aliphatic carbocycles. The Morgan fingerprint density at radius 3 is 2.65 bits per heavy atom. The van der Waals surface area contributed by atoms with Crippen LogP contribution in [0.3, 0.4) is 0 Å². The molecule has 20 heavy (non-hydrogen) atoms. The Balaban J connectivity index is 2.21. The highest BCUT2D eigenvalue weighted by molar-refractivity contribution is 5.72. The van der Waals surface area contributed by atoms with Crippen molar-refractivity contribution in [2.75, 3.05) is 0 Å². The number of carbonyl (C=O) groups excluding carboxylic acids is 1. The smallest absolute Gasteiger partial charge is 0.308 e. The summed E-state index contributed by atoms with van der Waals surface area (Å²) in [5, 5.41) is 0. The molecular formula is C18H32O2. The van der Waals surface area contributed by atoms with Gasteiger partial charge in [-0.2, -0.15) is 0 Å². The molecule has 0 heterocycles. The molecule has 0 N–H and O–H groups in total. The lowest BCUT2D eigenvalue weighted by molar-refractivity contribution is -0.180. The predicted molar refractivity (Wildman–Crippen MR) is 82.5 cm³/mol. The van der Waals surface area contributed by atoms with E-state index in [1.54, 1.807) is 0 Å². The van der Waals surface area contributed by atoms with Crippen LogP contribution < -0.4 is 0 Å². The monoisotopic (exact) mass is 280 g/mol. The molecule has 0 aromatic carbocycles. The second-order valence-corrected chi connectivity index (χ2v) is 7.65. The lowest BCUT2D eigenvalue weighted by Crippen LogP contribution is -2.48. The first-order chi connectivity index (χ1) is 9.42. The highest BCUT2D eigenvalue weighted by Crippen LogP contribution is 2.57. The van der Waals surface area contributed by atoms with Gasteiger partial charge in [0.1, 0.15) is 5.60 Å². The van der Waals surface area contributed by atoms with Crippen LogP contribution in [0.2, 0.25) is 0 Å². The Kier molecular flexibility index (Phi) is 4.81. The molecule has 0 aromatic heterocycles. The molecule has 2 fully saturated rings. The highest BCUT2D eigenvalue weighted by atomic mass is 16.6. The molecular weight excluding hydrogens is 248 g/mol. The number of hydrogen-bond acceptors (Lipinski definition) is 2. The predicted octanol–water partition coefficient (Wildman–Crippen LogP) is 5.10. The molecule has 3 unspecified atom stereocenters. The number of carbonyl (C=O) groups is 1. The third-order valence-corrected chi connectivity index (χ3v) is 6.07. The van der Waals surface area contributed by atoms with Crippen molar-refractivity contribution in [3.05, 3.63) is 0 Å². The van der Waals surface area contributed by atoms with Crippen molar-refractivity contribution in [2.45, 2.75) is 91.1 Å². The quantitative estimate of drug-likeness (QED) is 0.669. The van der Waals surface area contributed by atoms with Crippen molar-refractivity contribution in [2.24, 2.45) is 17.3 Å². The first-order valence-corrected chi connectivity index (χ1v) is 8.65. The zero-order valence-corrected chi connectivity index (χ0v) is 13.8. The first kappa shape index (κ1) is 15.9. The molecule has 2 rings (SSSR count). The topological polar surface area (TPSA) is 26.3 Å². The normalized spacial score (nSPS) is 33.4. The summed E-state index contributed by atoms with van der Waals surface area (Å²) < 4.78 is 6.07. The van der Waals surface area contributed by atoms with E-state index in [-0.39, 0.29) is 22.9 Å². The maximum atomic E-state index is 12.2. The number of ether oxygens (including phenoxy) is 1. The van der Waals surface area contributed by atoms with Crippen LogP contribution in [0.5, 0.6) is 0 Å². The summed E-state index contributed by atoms with van der Waals surface area (Å²) in [6.07, 6.45) is 11.5. The van der Waals surface area contributed by atoms with Crippen molar-refractivity contribution in [3.63, 3.8) is 0 Å². The van der Waals surface area contributed by atoms with Gasteiger partial charge in [-0.3, -0.25) is 4.79 Å². The third kappa shape index (κ3) is 2.89. The van der Waals surface area contributed by atoms with Crippen LogP contribution in [-0.2, 0) is 9.53 Å². The lowest BCUT2D eigenvalue weighted by atomic mass is 9.65. The first-order valence-electron chi connectivity index (χ1n) is 8.65. The molecule has 0 spiro atoms. The van der Waals surface area contributed by atoms with Crippen molar-refractivity contribution >= 4 is 5.97 Å². The molecule has 2 heteroatoms. The largest absolute Gasteiger partial charge is 0.459 e. The second-order valence-electron chi connectivity index (χ2n) is 7.65. The summed E-state index contributed by atoms with van der Waals surface area (Å²) in [5.74, 6) is 0.830. The van der Waals surface area contributed by atoms with Gasteiger partial charge in [0.2, 0.25) is 0 Å². The van der Waals surface area contributed by atoms with E-state index >= 15 is 0 Å². The molecule has 2 saturated carbocycles. The van der Waals surface area contributed by atoms with Crippen LogP contribution in [0.4, 0.5) is 0 Å². The molecule has 2 aliphatic rings. The Morgan fingerprint density at radius 1 is 1.25 bits per heavy atom. The molecule has 0 saturated heterocycles. The molecule has 3 atom stereocenters. The second kappa shape index (κ2) is 6.07. The zero-order chi connectivity index (χ0) is 14.8. The molecule has 2 bridgehead atoms. The fourth-order valence-electron chi connectivity index (χ4n) is 4.42. The van der Waals surface area contributed by atoms with E-state index in [1.165, 1.54) is 51.4 Å². The van der Waals surface area contributed by atoms with Crippen LogP contribution in [0.1, 0.15) is 85.5 Å². The van der Waals surface area contributed by atoms with Crippen molar-refractivity contribution in [3.8, 4) is 0 Å². The number of fused-ring (bicyclic) bond motifs is 2. The Labute approximate surface area is 124 Å². The van der Waals surface area contributed by atoms with E-state index in [2.05, 4.69) is 13.8 Å². The summed E-state index contributed by atoms with van der Waals surface area (Å²) in [4.78, 5) is 12.2. The molecule has 0 aromatic rings. The maximum Gasteiger partial charge on any atom is 0.308 e. The molecule has 0 amide bonds. The van der Waals surface area contributed by atoms with Gasteiger partial charge in [-0.05, 0) is 44.9 Å². The van der Waals surface area contributed by atoms with E-state index in [4.69, 9.17) is 4.74 Å². The standard InChI is InChI=1S/C18H32O2/c1-5-17(4,20-16(19)14(2)3)18-11-8-6-7-9-15(13-18)10-12-18/h14-15H,5-13H2,1-4H3. The van der Waals surface area contributed by atoms with Crippen molar-refractivity contribution < 1.29 is 9.53 Å². The van der Waals surface area contributed by atoms with Crippen LogP contribution in [0.15, 0.2) is 0 Å². The van der Waals surface area contributed by atoms with Crippen molar-refractivity contribution in [1.29, 1.82) is 0 Å². The minimum absolute atomic E-state index is 0.0192. The van der Waals surface area contributed by atoms with Crippen LogP contribution in [0, 0.1) is 17.3 Å². The average molecular weight is 280 g/mol.